The molecular weight excluding hydrogens is 322 g/mol. The molecule has 0 amide bonds. The predicted molar refractivity (Wildman–Crippen MR) is 110 cm³/mol. The van der Waals surface area contributed by atoms with Crippen LogP contribution >= 0.6 is 0 Å². The highest BCUT2D eigenvalue weighted by molar-refractivity contribution is 5.77. The summed E-state index contributed by atoms with van der Waals surface area (Å²) in [4.78, 5) is 12.1. The predicted octanol–water partition coefficient (Wildman–Crippen LogP) is 3.57. The summed E-state index contributed by atoms with van der Waals surface area (Å²) in [5, 5.41) is 3.46. The van der Waals surface area contributed by atoms with E-state index < -0.39 is 0 Å². The highest BCUT2D eigenvalue weighted by Crippen LogP contribution is 2.33. The molecule has 0 unspecified atom stereocenters. The number of para-hydroxylation sites is 2. The highest BCUT2D eigenvalue weighted by atomic mass is 15.3. The molecule has 0 aliphatic carbocycles. The fourth-order valence-corrected chi connectivity index (χ4v) is 3.88. The van der Waals surface area contributed by atoms with Gasteiger partial charge in [0.15, 0.2) is 0 Å². The van der Waals surface area contributed by atoms with Gasteiger partial charge in [-0.3, -0.25) is 4.90 Å². The van der Waals surface area contributed by atoms with Gasteiger partial charge in [-0.1, -0.05) is 12.1 Å². The normalized spacial score (nSPS) is 18.4. The second kappa shape index (κ2) is 6.80. The molecule has 2 aliphatic heterocycles. The van der Waals surface area contributed by atoms with Gasteiger partial charge in [-0.25, -0.2) is 4.98 Å². The van der Waals surface area contributed by atoms with Crippen LogP contribution < -0.4 is 15.1 Å². The smallest absolute Gasteiger partial charge is 0.133 e. The Morgan fingerprint density at radius 1 is 0.923 bits per heavy atom. The molecule has 26 heavy (non-hydrogen) atoms. The molecule has 1 N–H and O–H groups in total. The van der Waals surface area contributed by atoms with E-state index in [0.29, 0.717) is 0 Å². The lowest BCUT2D eigenvalue weighted by Gasteiger charge is -2.43. The number of rotatable bonds is 2. The van der Waals surface area contributed by atoms with Crippen LogP contribution in [0.25, 0.3) is 0 Å². The zero-order valence-corrected chi connectivity index (χ0v) is 16.1. The molecule has 2 aromatic rings. The fourth-order valence-electron chi connectivity index (χ4n) is 3.88. The molecule has 4 rings (SSSR count). The Morgan fingerprint density at radius 3 is 2.38 bits per heavy atom. The monoisotopic (exact) mass is 351 g/mol. The Balaban J connectivity index is 1.47. The van der Waals surface area contributed by atoms with E-state index in [1.54, 1.807) is 0 Å². The third-order valence-corrected chi connectivity index (χ3v) is 5.45. The standard InChI is InChI=1S/C21H29N5/c1-21(2,3)25-14-12-24(13-15-25)17-8-9-20(23-16-17)26-11-10-22-18-6-4-5-7-19(18)26/h4-9,16,22H,10-15H2,1-3H3. The first kappa shape index (κ1) is 17.2. The largest absolute Gasteiger partial charge is 0.382 e. The van der Waals surface area contributed by atoms with Crippen molar-refractivity contribution in [1.29, 1.82) is 0 Å². The number of hydrogen-bond donors (Lipinski definition) is 1. The Morgan fingerprint density at radius 2 is 1.69 bits per heavy atom. The highest BCUT2D eigenvalue weighted by Gasteiger charge is 2.26. The summed E-state index contributed by atoms with van der Waals surface area (Å²) in [5.41, 5.74) is 3.87. The fraction of sp³-hybridized carbons (Fsp3) is 0.476. The third kappa shape index (κ3) is 3.36. The first-order valence-corrected chi connectivity index (χ1v) is 9.59. The van der Waals surface area contributed by atoms with Crippen LogP contribution in [0, 0.1) is 0 Å². The zero-order chi connectivity index (χ0) is 18.1. The number of pyridine rings is 1. The maximum Gasteiger partial charge on any atom is 0.133 e. The molecule has 0 atom stereocenters. The van der Waals surface area contributed by atoms with E-state index in [9.17, 15) is 0 Å². The third-order valence-electron chi connectivity index (χ3n) is 5.45. The molecule has 1 aromatic carbocycles. The van der Waals surface area contributed by atoms with Crippen molar-refractivity contribution in [3.8, 4) is 0 Å². The SMILES string of the molecule is CC(C)(C)N1CCN(c2ccc(N3CCNc4ccccc43)nc2)CC1. The molecule has 3 heterocycles. The molecular formula is C21H29N5. The van der Waals surface area contributed by atoms with Crippen molar-refractivity contribution < 1.29 is 0 Å². The average Bonchev–Trinajstić information content (AvgIpc) is 2.67. The van der Waals surface area contributed by atoms with E-state index in [-0.39, 0.29) is 5.54 Å². The minimum Gasteiger partial charge on any atom is -0.382 e. The Labute approximate surface area is 156 Å². The van der Waals surface area contributed by atoms with Gasteiger partial charge in [0.25, 0.3) is 0 Å². The summed E-state index contributed by atoms with van der Waals surface area (Å²) < 4.78 is 0. The summed E-state index contributed by atoms with van der Waals surface area (Å²) in [6.07, 6.45) is 2.03. The first-order valence-electron chi connectivity index (χ1n) is 9.59. The van der Waals surface area contributed by atoms with Crippen LogP contribution in [0.5, 0.6) is 0 Å². The molecule has 0 spiro atoms. The average molecular weight is 351 g/mol. The van der Waals surface area contributed by atoms with Crippen LogP contribution in [0.3, 0.4) is 0 Å². The first-order chi connectivity index (χ1) is 12.5. The van der Waals surface area contributed by atoms with Crippen LogP contribution in [0.4, 0.5) is 22.9 Å². The summed E-state index contributed by atoms with van der Waals surface area (Å²) >= 11 is 0. The molecule has 1 saturated heterocycles. The maximum absolute atomic E-state index is 4.79. The minimum absolute atomic E-state index is 0.254. The van der Waals surface area contributed by atoms with Crippen molar-refractivity contribution in [1.82, 2.24) is 9.88 Å². The Hall–Kier alpha value is -2.27. The lowest BCUT2D eigenvalue weighted by atomic mass is 10.0. The van der Waals surface area contributed by atoms with E-state index in [1.807, 2.05) is 6.20 Å². The zero-order valence-electron chi connectivity index (χ0n) is 16.1. The number of aromatic nitrogens is 1. The van der Waals surface area contributed by atoms with E-state index in [1.165, 1.54) is 17.1 Å². The van der Waals surface area contributed by atoms with Crippen LogP contribution in [-0.4, -0.2) is 54.7 Å². The summed E-state index contributed by atoms with van der Waals surface area (Å²) in [5.74, 6) is 1.02. The van der Waals surface area contributed by atoms with Crippen molar-refractivity contribution in [3.63, 3.8) is 0 Å². The number of benzene rings is 1. The topological polar surface area (TPSA) is 34.6 Å². The van der Waals surface area contributed by atoms with Crippen molar-refractivity contribution in [2.24, 2.45) is 0 Å². The van der Waals surface area contributed by atoms with Crippen LogP contribution in [0.1, 0.15) is 20.8 Å². The van der Waals surface area contributed by atoms with Gasteiger partial charge in [-0.15, -0.1) is 0 Å². The molecule has 1 fully saturated rings. The van der Waals surface area contributed by atoms with E-state index >= 15 is 0 Å². The van der Waals surface area contributed by atoms with Gasteiger partial charge in [-0.2, -0.15) is 0 Å². The maximum atomic E-state index is 4.79. The molecule has 0 radical (unpaired) electrons. The van der Waals surface area contributed by atoms with Gasteiger partial charge in [0.05, 0.1) is 23.3 Å². The van der Waals surface area contributed by atoms with E-state index in [4.69, 9.17) is 4.98 Å². The van der Waals surface area contributed by atoms with Gasteiger partial charge < -0.3 is 15.1 Å². The lowest BCUT2D eigenvalue weighted by Crippen LogP contribution is -2.53. The summed E-state index contributed by atoms with van der Waals surface area (Å²) in [6.45, 7) is 13.1. The van der Waals surface area contributed by atoms with Crippen LogP contribution in [0.15, 0.2) is 42.6 Å². The number of piperazine rings is 1. The van der Waals surface area contributed by atoms with Gasteiger partial charge >= 0.3 is 0 Å². The number of fused-ring (bicyclic) bond motifs is 1. The molecule has 0 bridgehead atoms. The minimum atomic E-state index is 0.254. The number of nitrogens with one attached hydrogen (secondary N) is 1. The second-order valence-corrected chi connectivity index (χ2v) is 8.12. The summed E-state index contributed by atoms with van der Waals surface area (Å²) in [6, 6.07) is 12.8. The second-order valence-electron chi connectivity index (χ2n) is 8.12. The number of hydrogen-bond acceptors (Lipinski definition) is 5. The van der Waals surface area contributed by atoms with Gasteiger partial charge in [0.1, 0.15) is 5.82 Å². The molecule has 2 aliphatic rings. The van der Waals surface area contributed by atoms with Gasteiger partial charge in [0.2, 0.25) is 0 Å². The van der Waals surface area contributed by atoms with Gasteiger partial charge in [0, 0.05) is 44.8 Å². The van der Waals surface area contributed by atoms with Crippen molar-refractivity contribution in [2.45, 2.75) is 26.3 Å². The van der Waals surface area contributed by atoms with Crippen LogP contribution in [-0.2, 0) is 0 Å². The Kier molecular flexibility index (Phi) is 4.49. The molecule has 1 aromatic heterocycles. The quantitative estimate of drug-likeness (QED) is 0.895. The van der Waals surface area contributed by atoms with Crippen LogP contribution in [0.2, 0.25) is 0 Å². The van der Waals surface area contributed by atoms with E-state index in [0.717, 1.165) is 45.1 Å². The Bertz CT molecular complexity index is 742. The number of anilines is 4. The van der Waals surface area contributed by atoms with Crippen molar-refractivity contribution in [3.05, 3.63) is 42.6 Å². The van der Waals surface area contributed by atoms with Gasteiger partial charge in [-0.05, 0) is 45.0 Å². The molecule has 5 nitrogen and oxygen atoms in total. The molecule has 0 saturated carbocycles. The van der Waals surface area contributed by atoms with Crippen molar-refractivity contribution in [2.75, 3.05) is 54.4 Å². The molecule has 5 heteroatoms. The van der Waals surface area contributed by atoms with Crippen molar-refractivity contribution >= 4 is 22.9 Å². The number of nitrogens with zero attached hydrogens (tertiary/aromatic N) is 4. The lowest BCUT2D eigenvalue weighted by molar-refractivity contribution is 0.128. The molecule has 138 valence electrons. The van der Waals surface area contributed by atoms with E-state index in [2.05, 4.69) is 77.2 Å². The summed E-state index contributed by atoms with van der Waals surface area (Å²) in [7, 11) is 0.